The number of halogens is 2. The predicted molar refractivity (Wildman–Crippen MR) is 69.2 cm³/mol. The summed E-state index contributed by atoms with van der Waals surface area (Å²) in [7, 11) is 0. The van der Waals surface area contributed by atoms with Crippen molar-refractivity contribution < 1.29 is 9.50 Å². The number of benzene rings is 1. The minimum absolute atomic E-state index is 0.127. The number of hydrogen-bond acceptors (Lipinski definition) is 2. The maximum atomic E-state index is 13.3. The van der Waals surface area contributed by atoms with Gasteiger partial charge in [-0.15, -0.1) is 0 Å². The lowest BCUT2D eigenvalue weighted by atomic mass is 9.93. The topological polar surface area (TPSA) is 32.3 Å². The van der Waals surface area contributed by atoms with Crippen LogP contribution >= 0.6 is 15.9 Å². The molecule has 1 aliphatic carbocycles. The lowest BCUT2D eigenvalue weighted by molar-refractivity contribution is 0.116. The summed E-state index contributed by atoms with van der Waals surface area (Å²) in [5.74, 6) is -0.219. The van der Waals surface area contributed by atoms with Crippen molar-refractivity contribution in [2.45, 2.75) is 44.4 Å². The van der Waals surface area contributed by atoms with E-state index < -0.39 is 0 Å². The molecule has 2 nitrogen and oxygen atoms in total. The van der Waals surface area contributed by atoms with E-state index in [2.05, 4.69) is 21.2 Å². The van der Waals surface area contributed by atoms with Gasteiger partial charge in [-0.25, -0.2) is 4.39 Å². The molecule has 2 rings (SSSR count). The molecular weight excluding hydrogens is 285 g/mol. The third-order valence-corrected chi connectivity index (χ3v) is 3.92. The molecule has 0 saturated heterocycles. The van der Waals surface area contributed by atoms with Crippen LogP contribution in [-0.4, -0.2) is 17.3 Å². The molecule has 4 heteroatoms. The van der Waals surface area contributed by atoms with Crippen molar-refractivity contribution in [1.82, 2.24) is 5.32 Å². The lowest BCUT2D eigenvalue weighted by Gasteiger charge is -2.26. The zero-order chi connectivity index (χ0) is 12.3. The Morgan fingerprint density at radius 1 is 1.29 bits per heavy atom. The third-order valence-electron chi connectivity index (χ3n) is 3.28. The lowest BCUT2D eigenvalue weighted by Crippen LogP contribution is -2.34. The van der Waals surface area contributed by atoms with E-state index in [0.717, 1.165) is 31.2 Å². The molecule has 0 bridgehead atoms. The highest BCUT2D eigenvalue weighted by molar-refractivity contribution is 9.10. The molecule has 0 aliphatic heterocycles. The van der Waals surface area contributed by atoms with Gasteiger partial charge in [-0.1, -0.05) is 6.07 Å². The highest BCUT2D eigenvalue weighted by atomic mass is 79.9. The maximum Gasteiger partial charge on any atom is 0.137 e. The second kappa shape index (κ2) is 5.94. The monoisotopic (exact) mass is 301 g/mol. The van der Waals surface area contributed by atoms with Crippen LogP contribution in [0.2, 0.25) is 0 Å². The quantitative estimate of drug-likeness (QED) is 0.899. The Morgan fingerprint density at radius 2 is 2.00 bits per heavy atom. The summed E-state index contributed by atoms with van der Waals surface area (Å²) in [6.45, 7) is 0.685. The molecule has 0 heterocycles. The van der Waals surface area contributed by atoms with Gasteiger partial charge in [-0.05, 0) is 59.3 Å². The van der Waals surface area contributed by atoms with E-state index in [1.165, 1.54) is 0 Å². The Morgan fingerprint density at radius 3 is 2.65 bits per heavy atom. The van der Waals surface area contributed by atoms with Crippen molar-refractivity contribution in [2.24, 2.45) is 0 Å². The zero-order valence-electron chi connectivity index (χ0n) is 9.63. The smallest absolute Gasteiger partial charge is 0.137 e. The van der Waals surface area contributed by atoms with E-state index in [9.17, 15) is 9.50 Å². The Kier molecular flexibility index (Phi) is 4.54. The maximum absolute atomic E-state index is 13.3. The van der Waals surface area contributed by atoms with Gasteiger partial charge < -0.3 is 10.4 Å². The number of aliphatic hydroxyl groups excluding tert-OH is 1. The van der Waals surface area contributed by atoms with Gasteiger partial charge in [0.1, 0.15) is 5.82 Å². The molecule has 0 unspecified atom stereocenters. The molecule has 1 aromatic carbocycles. The van der Waals surface area contributed by atoms with Crippen LogP contribution in [-0.2, 0) is 6.54 Å². The fourth-order valence-electron chi connectivity index (χ4n) is 2.19. The summed E-state index contributed by atoms with van der Waals surface area (Å²) >= 11 is 3.14. The van der Waals surface area contributed by atoms with Gasteiger partial charge in [0.25, 0.3) is 0 Å². The summed E-state index contributed by atoms with van der Waals surface area (Å²) in [4.78, 5) is 0. The van der Waals surface area contributed by atoms with Crippen LogP contribution in [0.1, 0.15) is 31.2 Å². The first-order chi connectivity index (χ1) is 8.15. The van der Waals surface area contributed by atoms with Crippen molar-refractivity contribution in [2.75, 3.05) is 0 Å². The van der Waals surface area contributed by atoms with Crippen LogP contribution in [0.3, 0.4) is 0 Å². The number of hydrogen-bond donors (Lipinski definition) is 2. The molecular formula is C13H17BrFNO. The molecule has 0 aromatic heterocycles. The summed E-state index contributed by atoms with van der Waals surface area (Å²) < 4.78 is 13.8. The molecule has 2 N–H and O–H groups in total. The van der Waals surface area contributed by atoms with Gasteiger partial charge in [0, 0.05) is 12.6 Å². The normalized spacial score (nSPS) is 24.9. The standard InChI is InChI=1S/C13H17BrFNO/c14-12-6-1-9(7-13(12)15)8-16-10-2-4-11(17)5-3-10/h1,6-7,10-11,16-17H,2-5,8H2. The molecule has 1 aromatic rings. The van der Waals surface area contributed by atoms with Crippen LogP contribution in [0.15, 0.2) is 22.7 Å². The van der Waals surface area contributed by atoms with Gasteiger partial charge >= 0.3 is 0 Å². The Labute approximate surface area is 109 Å². The predicted octanol–water partition coefficient (Wildman–Crippen LogP) is 2.98. The van der Waals surface area contributed by atoms with Crippen molar-refractivity contribution >= 4 is 15.9 Å². The molecule has 17 heavy (non-hydrogen) atoms. The highest BCUT2D eigenvalue weighted by Gasteiger charge is 2.18. The molecule has 1 saturated carbocycles. The SMILES string of the molecule is OC1CCC(NCc2ccc(Br)c(F)c2)CC1. The van der Waals surface area contributed by atoms with Gasteiger partial charge in [0.15, 0.2) is 0 Å². The largest absolute Gasteiger partial charge is 0.393 e. The van der Waals surface area contributed by atoms with Crippen molar-refractivity contribution in [3.8, 4) is 0 Å². The van der Waals surface area contributed by atoms with E-state index in [1.807, 2.05) is 6.07 Å². The van der Waals surface area contributed by atoms with Gasteiger partial charge in [0.05, 0.1) is 10.6 Å². The zero-order valence-corrected chi connectivity index (χ0v) is 11.2. The van der Waals surface area contributed by atoms with Crippen LogP contribution in [0.4, 0.5) is 4.39 Å². The van der Waals surface area contributed by atoms with E-state index >= 15 is 0 Å². The molecule has 0 radical (unpaired) electrons. The van der Waals surface area contributed by atoms with E-state index in [0.29, 0.717) is 17.1 Å². The van der Waals surface area contributed by atoms with Crippen LogP contribution < -0.4 is 5.32 Å². The second-order valence-electron chi connectivity index (χ2n) is 4.63. The average molecular weight is 302 g/mol. The molecule has 1 aliphatic rings. The molecule has 94 valence electrons. The highest BCUT2D eigenvalue weighted by Crippen LogP contribution is 2.20. The minimum Gasteiger partial charge on any atom is -0.393 e. The van der Waals surface area contributed by atoms with Crippen LogP contribution in [0.25, 0.3) is 0 Å². The van der Waals surface area contributed by atoms with Gasteiger partial charge in [-0.2, -0.15) is 0 Å². The molecule has 0 atom stereocenters. The Balaban J connectivity index is 1.83. The number of nitrogens with one attached hydrogen (secondary N) is 1. The molecule has 0 amide bonds. The summed E-state index contributed by atoms with van der Waals surface area (Å²) in [5, 5.41) is 12.8. The fraction of sp³-hybridized carbons (Fsp3) is 0.538. The number of rotatable bonds is 3. The first-order valence-electron chi connectivity index (χ1n) is 6.00. The fourth-order valence-corrected chi connectivity index (χ4v) is 2.44. The summed E-state index contributed by atoms with van der Waals surface area (Å²) in [5.41, 5.74) is 0.955. The average Bonchev–Trinajstić information content (AvgIpc) is 2.33. The second-order valence-corrected chi connectivity index (χ2v) is 5.49. The summed E-state index contributed by atoms with van der Waals surface area (Å²) in [6, 6.07) is 5.65. The van der Waals surface area contributed by atoms with Crippen molar-refractivity contribution in [3.63, 3.8) is 0 Å². The first kappa shape index (κ1) is 13.0. The van der Waals surface area contributed by atoms with Crippen LogP contribution in [0, 0.1) is 5.82 Å². The number of aliphatic hydroxyl groups is 1. The third kappa shape index (κ3) is 3.76. The van der Waals surface area contributed by atoms with Crippen molar-refractivity contribution in [1.29, 1.82) is 0 Å². The molecule has 0 spiro atoms. The van der Waals surface area contributed by atoms with E-state index in [-0.39, 0.29) is 11.9 Å². The first-order valence-corrected chi connectivity index (χ1v) is 6.80. The van der Waals surface area contributed by atoms with E-state index in [1.54, 1.807) is 12.1 Å². The Hall–Kier alpha value is -0.450. The van der Waals surface area contributed by atoms with Gasteiger partial charge in [-0.3, -0.25) is 0 Å². The minimum atomic E-state index is -0.219. The molecule has 1 fully saturated rings. The summed E-state index contributed by atoms with van der Waals surface area (Å²) in [6.07, 6.45) is 3.61. The van der Waals surface area contributed by atoms with E-state index in [4.69, 9.17) is 0 Å². The van der Waals surface area contributed by atoms with Crippen molar-refractivity contribution in [3.05, 3.63) is 34.1 Å². The Bertz CT molecular complexity index is 378. The van der Waals surface area contributed by atoms with Crippen LogP contribution in [0.5, 0.6) is 0 Å². The van der Waals surface area contributed by atoms with Gasteiger partial charge in [0.2, 0.25) is 0 Å².